The Kier molecular flexibility index (Phi) is 4.38. The highest BCUT2D eigenvalue weighted by Crippen LogP contribution is 2.14. The van der Waals surface area contributed by atoms with Crippen molar-refractivity contribution in [3.05, 3.63) is 72.7 Å². The van der Waals surface area contributed by atoms with Gasteiger partial charge in [-0.3, -0.25) is 9.59 Å². The third-order valence-corrected chi connectivity index (χ3v) is 3.35. The van der Waals surface area contributed by atoms with Crippen molar-refractivity contribution >= 4 is 23.3 Å². The maximum atomic E-state index is 12.2. The highest BCUT2D eigenvalue weighted by atomic mass is 16.2. The summed E-state index contributed by atoms with van der Waals surface area (Å²) in [7, 11) is 0. The highest BCUT2D eigenvalue weighted by molar-refractivity contribution is 6.04. The average molecular weight is 320 g/mol. The minimum Gasteiger partial charge on any atom is -0.322 e. The summed E-state index contributed by atoms with van der Waals surface area (Å²) in [5, 5.41) is 5.45. The second-order valence-corrected chi connectivity index (χ2v) is 5.21. The SMILES string of the molecule is CC(=O)Nc1cn(-c2ccc(C(=O)Nc3ccccc3)cc2)cn1. The minimum absolute atomic E-state index is 0.169. The summed E-state index contributed by atoms with van der Waals surface area (Å²) >= 11 is 0. The van der Waals surface area contributed by atoms with Crippen LogP contribution in [0.25, 0.3) is 5.69 Å². The molecule has 24 heavy (non-hydrogen) atoms. The van der Waals surface area contributed by atoms with Crippen molar-refractivity contribution in [3.63, 3.8) is 0 Å². The molecule has 2 amide bonds. The first-order chi connectivity index (χ1) is 11.6. The third kappa shape index (κ3) is 3.67. The second-order valence-electron chi connectivity index (χ2n) is 5.21. The molecule has 0 aliphatic heterocycles. The molecule has 0 fully saturated rings. The summed E-state index contributed by atoms with van der Waals surface area (Å²) in [4.78, 5) is 27.3. The van der Waals surface area contributed by atoms with Crippen molar-refractivity contribution in [1.82, 2.24) is 9.55 Å². The van der Waals surface area contributed by atoms with Gasteiger partial charge in [-0.15, -0.1) is 0 Å². The molecule has 0 radical (unpaired) electrons. The Hall–Kier alpha value is -3.41. The Morgan fingerprint density at radius 2 is 1.67 bits per heavy atom. The van der Waals surface area contributed by atoms with Crippen LogP contribution >= 0.6 is 0 Å². The van der Waals surface area contributed by atoms with Gasteiger partial charge >= 0.3 is 0 Å². The van der Waals surface area contributed by atoms with Crippen molar-refractivity contribution in [2.45, 2.75) is 6.92 Å². The molecule has 6 nitrogen and oxygen atoms in total. The summed E-state index contributed by atoms with van der Waals surface area (Å²) in [5.41, 5.74) is 2.15. The Bertz CT molecular complexity index is 854. The van der Waals surface area contributed by atoms with Crippen LogP contribution in [-0.4, -0.2) is 21.4 Å². The number of anilines is 2. The Morgan fingerprint density at radius 3 is 2.33 bits per heavy atom. The Balaban J connectivity index is 1.72. The molecule has 0 saturated heterocycles. The summed E-state index contributed by atoms with van der Waals surface area (Å²) in [6.45, 7) is 1.43. The minimum atomic E-state index is -0.173. The lowest BCUT2D eigenvalue weighted by atomic mass is 10.2. The van der Waals surface area contributed by atoms with Crippen molar-refractivity contribution < 1.29 is 9.59 Å². The number of nitrogens with one attached hydrogen (secondary N) is 2. The number of amides is 2. The first-order valence-corrected chi connectivity index (χ1v) is 7.40. The number of aromatic nitrogens is 2. The molecular weight excluding hydrogens is 304 g/mol. The van der Waals surface area contributed by atoms with Crippen LogP contribution < -0.4 is 10.6 Å². The van der Waals surface area contributed by atoms with E-state index in [-0.39, 0.29) is 11.8 Å². The number of hydrogen-bond acceptors (Lipinski definition) is 3. The van der Waals surface area contributed by atoms with Crippen LogP contribution in [-0.2, 0) is 4.79 Å². The number of para-hydroxylation sites is 1. The predicted octanol–water partition coefficient (Wildman–Crippen LogP) is 3.08. The Labute approximate surface area is 139 Å². The van der Waals surface area contributed by atoms with Crippen molar-refractivity contribution in [2.75, 3.05) is 10.6 Å². The zero-order valence-corrected chi connectivity index (χ0v) is 13.1. The molecule has 2 aromatic carbocycles. The first-order valence-electron chi connectivity index (χ1n) is 7.40. The first kappa shape index (κ1) is 15.5. The van der Waals surface area contributed by atoms with Gasteiger partial charge in [-0.2, -0.15) is 0 Å². The number of carbonyl (C=O) groups excluding carboxylic acids is 2. The molecule has 0 aliphatic rings. The van der Waals surface area contributed by atoms with Gasteiger partial charge in [-0.25, -0.2) is 4.98 Å². The van der Waals surface area contributed by atoms with Gasteiger partial charge in [-0.1, -0.05) is 18.2 Å². The van der Waals surface area contributed by atoms with E-state index in [2.05, 4.69) is 15.6 Å². The molecule has 0 unspecified atom stereocenters. The van der Waals surface area contributed by atoms with Gasteiger partial charge in [0, 0.05) is 23.9 Å². The topological polar surface area (TPSA) is 76.0 Å². The molecule has 0 atom stereocenters. The van der Waals surface area contributed by atoms with Gasteiger partial charge in [-0.05, 0) is 36.4 Å². The zero-order chi connectivity index (χ0) is 16.9. The standard InChI is InChI=1S/C18H16N4O2/c1-13(23)20-17-11-22(12-19-17)16-9-7-14(8-10-16)18(24)21-15-5-3-2-4-6-15/h2-12H,1H3,(H,20,23)(H,21,24). The van der Waals surface area contributed by atoms with E-state index in [4.69, 9.17) is 0 Å². The van der Waals surface area contributed by atoms with Crippen LogP contribution in [0.15, 0.2) is 67.1 Å². The van der Waals surface area contributed by atoms with Gasteiger partial charge in [0.25, 0.3) is 5.91 Å². The average Bonchev–Trinajstić information content (AvgIpc) is 3.03. The summed E-state index contributed by atoms with van der Waals surface area (Å²) < 4.78 is 1.77. The fourth-order valence-corrected chi connectivity index (χ4v) is 2.22. The number of nitrogens with zero attached hydrogens (tertiary/aromatic N) is 2. The molecule has 0 saturated carbocycles. The van der Waals surface area contributed by atoms with E-state index >= 15 is 0 Å². The lowest BCUT2D eigenvalue weighted by Crippen LogP contribution is -2.11. The van der Waals surface area contributed by atoms with Crippen LogP contribution in [0.4, 0.5) is 11.5 Å². The van der Waals surface area contributed by atoms with Crippen LogP contribution in [0.2, 0.25) is 0 Å². The van der Waals surface area contributed by atoms with Gasteiger partial charge < -0.3 is 15.2 Å². The van der Waals surface area contributed by atoms with E-state index in [0.29, 0.717) is 11.4 Å². The predicted molar refractivity (Wildman–Crippen MR) is 92.3 cm³/mol. The van der Waals surface area contributed by atoms with E-state index in [9.17, 15) is 9.59 Å². The van der Waals surface area contributed by atoms with Gasteiger partial charge in [0.1, 0.15) is 6.33 Å². The fraction of sp³-hybridized carbons (Fsp3) is 0.0556. The number of benzene rings is 2. The molecule has 6 heteroatoms. The smallest absolute Gasteiger partial charge is 0.255 e. The van der Waals surface area contributed by atoms with Crippen LogP contribution in [0.1, 0.15) is 17.3 Å². The summed E-state index contributed by atoms with van der Waals surface area (Å²) in [5.74, 6) is 0.138. The van der Waals surface area contributed by atoms with E-state index in [1.165, 1.54) is 6.92 Å². The Morgan fingerprint density at radius 1 is 0.958 bits per heavy atom. The largest absolute Gasteiger partial charge is 0.322 e. The van der Waals surface area contributed by atoms with Crippen LogP contribution in [0, 0.1) is 0 Å². The fourth-order valence-electron chi connectivity index (χ4n) is 2.22. The van der Waals surface area contributed by atoms with E-state index in [0.717, 1.165) is 11.4 Å². The van der Waals surface area contributed by atoms with E-state index in [1.54, 1.807) is 29.2 Å². The lowest BCUT2D eigenvalue weighted by molar-refractivity contribution is -0.114. The molecule has 1 heterocycles. The molecule has 3 aromatic rings. The number of hydrogen-bond donors (Lipinski definition) is 2. The highest BCUT2D eigenvalue weighted by Gasteiger charge is 2.07. The van der Waals surface area contributed by atoms with E-state index in [1.807, 2.05) is 42.5 Å². The van der Waals surface area contributed by atoms with Gasteiger partial charge in [0.15, 0.2) is 5.82 Å². The molecule has 0 spiro atoms. The van der Waals surface area contributed by atoms with Crippen LogP contribution in [0.5, 0.6) is 0 Å². The van der Waals surface area contributed by atoms with Gasteiger partial charge in [0.05, 0.1) is 6.20 Å². The molecule has 3 rings (SSSR count). The maximum absolute atomic E-state index is 12.2. The van der Waals surface area contributed by atoms with Crippen molar-refractivity contribution in [3.8, 4) is 5.69 Å². The van der Waals surface area contributed by atoms with Crippen LogP contribution in [0.3, 0.4) is 0 Å². The van der Waals surface area contributed by atoms with Crippen molar-refractivity contribution in [1.29, 1.82) is 0 Å². The van der Waals surface area contributed by atoms with E-state index < -0.39 is 0 Å². The third-order valence-electron chi connectivity index (χ3n) is 3.35. The molecule has 1 aromatic heterocycles. The van der Waals surface area contributed by atoms with Crippen molar-refractivity contribution in [2.24, 2.45) is 0 Å². The molecule has 2 N–H and O–H groups in total. The van der Waals surface area contributed by atoms with Gasteiger partial charge in [0.2, 0.25) is 5.91 Å². The molecule has 120 valence electrons. The second kappa shape index (κ2) is 6.78. The lowest BCUT2D eigenvalue weighted by Gasteiger charge is -2.06. The quantitative estimate of drug-likeness (QED) is 0.775. The number of rotatable bonds is 4. The molecule has 0 aliphatic carbocycles. The monoisotopic (exact) mass is 320 g/mol. The summed E-state index contributed by atoms with van der Waals surface area (Å²) in [6.07, 6.45) is 3.31. The maximum Gasteiger partial charge on any atom is 0.255 e. The summed E-state index contributed by atoms with van der Waals surface area (Å²) in [6, 6.07) is 16.4. The normalized spacial score (nSPS) is 10.2. The zero-order valence-electron chi connectivity index (χ0n) is 13.1. The molecule has 0 bridgehead atoms. The molecular formula is C18H16N4O2. The number of imidazole rings is 1. The number of carbonyl (C=O) groups is 2.